The zero-order valence-corrected chi connectivity index (χ0v) is 8.45. The molecule has 0 spiro atoms. The summed E-state index contributed by atoms with van der Waals surface area (Å²) in [6, 6.07) is 0. The molecule has 2 atom stereocenters. The standard InChI is InChI=1S/C10H17NO3/c1-14-8-4-2-3-7(8)10(9(12)13)5-11-6-10/h7-8,11H,2-6H2,1H3,(H,12,13). The molecule has 1 saturated carbocycles. The molecule has 2 aliphatic rings. The molecule has 1 aliphatic heterocycles. The predicted molar refractivity (Wildman–Crippen MR) is 51.1 cm³/mol. The van der Waals surface area contributed by atoms with Crippen LogP contribution in [0.4, 0.5) is 0 Å². The van der Waals surface area contributed by atoms with Crippen LogP contribution in [0, 0.1) is 11.3 Å². The number of carbonyl (C=O) groups is 1. The molecule has 1 heterocycles. The number of hydrogen-bond acceptors (Lipinski definition) is 3. The van der Waals surface area contributed by atoms with Crippen molar-refractivity contribution < 1.29 is 14.6 Å². The Labute approximate surface area is 83.6 Å². The van der Waals surface area contributed by atoms with Crippen molar-refractivity contribution in [3.8, 4) is 0 Å². The van der Waals surface area contributed by atoms with Gasteiger partial charge in [0.25, 0.3) is 0 Å². The molecular formula is C10H17NO3. The van der Waals surface area contributed by atoms with E-state index in [0.717, 1.165) is 19.3 Å². The molecular weight excluding hydrogens is 182 g/mol. The molecule has 2 fully saturated rings. The van der Waals surface area contributed by atoms with Crippen LogP contribution in [0.3, 0.4) is 0 Å². The Balaban J connectivity index is 2.15. The summed E-state index contributed by atoms with van der Waals surface area (Å²) >= 11 is 0. The molecule has 2 rings (SSSR count). The Morgan fingerprint density at radius 3 is 2.64 bits per heavy atom. The van der Waals surface area contributed by atoms with Gasteiger partial charge in [-0.15, -0.1) is 0 Å². The Kier molecular flexibility index (Phi) is 2.49. The molecule has 0 aromatic heterocycles. The molecule has 0 radical (unpaired) electrons. The van der Waals surface area contributed by atoms with E-state index in [1.165, 1.54) is 0 Å². The van der Waals surface area contributed by atoms with Crippen LogP contribution >= 0.6 is 0 Å². The molecule has 0 aromatic carbocycles. The lowest BCUT2D eigenvalue weighted by Crippen LogP contribution is -2.63. The lowest BCUT2D eigenvalue weighted by atomic mass is 9.69. The van der Waals surface area contributed by atoms with Crippen LogP contribution in [-0.4, -0.2) is 37.4 Å². The molecule has 1 aliphatic carbocycles. The third kappa shape index (κ3) is 1.25. The van der Waals surface area contributed by atoms with Crippen molar-refractivity contribution in [3.63, 3.8) is 0 Å². The van der Waals surface area contributed by atoms with Gasteiger partial charge < -0.3 is 15.2 Å². The number of rotatable bonds is 3. The molecule has 0 amide bonds. The largest absolute Gasteiger partial charge is 0.481 e. The number of ether oxygens (including phenoxy) is 1. The average Bonchev–Trinajstić information content (AvgIpc) is 2.50. The fraction of sp³-hybridized carbons (Fsp3) is 0.900. The normalized spacial score (nSPS) is 35.2. The van der Waals surface area contributed by atoms with Gasteiger partial charge in [-0.3, -0.25) is 4.79 Å². The average molecular weight is 199 g/mol. The SMILES string of the molecule is COC1CCCC1C1(C(=O)O)CNC1. The van der Waals surface area contributed by atoms with Gasteiger partial charge in [0.05, 0.1) is 11.5 Å². The van der Waals surface area contributed by atoms with Crippen molar-refractivity contribution in [1.82, 2.24) is 5.32 Å². The first-order chi connectivity index (χ1) is 6.70. The van der Waals surface area contributed by atoms with Crippen LogP contribution < -0.4 is 5.32 Å². The van der Waals surface area contributed by atoms with Crippen LogP contribution in [0.1, 0.15) is 19.3 Å². The van der Waals surface area contributed by atoms with Crippen molar-refractivity contribution in [3.05, 3.63) is 0 Å². The van der Waals surface area contributed by atoms with E-state index in [2.05, 4.69) is 5.32 Å². The van der Waals surface area contributed by atoms with E-state index < -0.39 is 11.4 Å². The first-order valence-electron chi connectivity index (χ1n) is 5.17. The third-order valence-corrected chi connectivity index (χ3v) is 3.77. The minimum Gasteiger partial charge on any atom is -0.481 e. The van der Waals surface area contributed by atoms with E-state index in [0.29, 0.717) is 13.1 Å². The smallest absolute Gasteiger partial charge is 0.312 e. The first kappa shape index (κ1) is 9.93. The van der Waals surface area contributed by atoms with Gasteiger partial charge in [0.1, 0.15) is 0 Å². The summed E-state index contributed by atoms with van der Waals surface area (Å²) in [5.41, 5.74) is -0.544. The fourth-order valence-corrected chi connectivity index (χ4v) is 2.81. The number of nitrogens with one attached hydrogen (secondary N) is 1. The maximum Gasteiger partial charge on any atom is 0.312 e. The number of hydrogen-bond donors (Lipinski definition) is 2. The minimum atomic E-state index is -0.662. The lowest BCUT2D eigenvalue weighted by molar-refractivity contribution is -0.160. The number of carboxylic acid groups (broad SMARTS) is 1. The number of aliphatic carboxylic acids is 1. The summed E-state index contributed by atoms with van der Waals surface area (Å²) in [5, 5.41) is 12.3. The second kappa shape index (κ2) is 3.51. The highest BCUT2D eigenvalue weighted by Gasteiger charge is 2.54. The van der Waals surface area contributed by atoms with Gasteiger partial charge in [0.2, 0.25) is 0 Å². The maximum absolute atomic E-state index is 11.3. The van der Waals surface area contributed by atoms with Gasteiger partial charge in [0, 0.05) is 26.1 Å². The summed E-state index contributed by atoms with van der Waals surface area (Å²) < 4.78 is 5.36. The van der Waals surface area contributed by atoms with E-state index in [1.54, 1.807) is 7.11 Å². The summed E-state index contributed by atoms with van der Waals surface area (Å²) in [4.78, 5) is 11.3. The van der Waals surface area contributed by atoms with E-state index in [1.807, 2.05) is 0 Å². The van der Waals surface area contributed by atoms with Crippen molar-refractivity contribution in [2.75, 3.05) is 20.2 Å². The number of methoxy groups -OCH3 is 1. The van der Waals surface area contributed by atoms with Gasteiger partial charge in [-0.1, -0.05) is 6.42 Å². The summed E-state index contributed by atoms with van der Waals surface area (Å²) in [7, 11) is 1.69. The predicted octanol–water partition coefficient (Wildman–Crippen LogP) is 0.476. The monoisotopic (exact) mass is 199 g/mol. The zero-order chi connectivity index (χ0) is 10.2. The summed E-state index contributed by atoms with van der Waals surface area (Å²) in [6.07, 6.45) is 3.24. The molecule has 2 unspecified atom stereocenters. The molecule has 0 aromatic rings. The van der Waals surface area contributed by atoms with Crippen molar-refractivity contribution in [2.24, 2.45) is 11.3 Å². The van der Waals surface area contributed by atoms with Gasteiger partial charge in [0.15, 0.2) is 0 Å². The van der Waals surface area contributed by atoms with Crippen LogP contribution in [-0.2, 0) is 9.53 Å². The van der Waals surface area contributed by atoms with Gasteiger partial charge in [-0.25, -0.2) is 0 Å². The van der Waals surface area contributed by atoms with Crippen molar-refractivity contribution in [2.45, 2.75) is 25.4 Å². The Bertz CT molecular complexity index is 238. The lowest BCUT2D eigenvalue weighted by Gasteiger charge is -2.45. The van der Waals surface area contributed by atoms with Crippen LogP contribution in [0.2, 0.25) is 0 Å². The molecule has 80 valence electrons. The molecule has 1 saturated heterocycles. The van der Waals surface area contributed by atoms with E-state index in [4.69, 9.17) is 4.74 Å². The highest BCUT2D eigenvalue weighted by atomic mass is 16.5. The number of carboxylic acids is 1. The van der Waals surface area contributed by atoms with E-state index in [9.17, 15) is 9.90 Å². The highest BCUT2D eigenvalue weighted by molar-refractivity contribution is 5.77. The van der Waals surface area contributed by atoms with Crippen molar-refractivity contribution >= 4 is 5.97 Å². The van der Waals surface area contributed by atoms with Gasteiger partial charge in [-0.05, 0) is 12.8 Å². The van der Waals surface area contributed by atoms with Crippen molar-refractivity contribution in [1.29, 1.82) is 0 Å². The summed E-state index contributed by atoms with van der Waals surface area (Å²) in [5.74, 6) is -0.462. The van der Waals surface area contributed by atoms with Gasteiger partial charge in [-0.2, -0.15) is 0 Å². The molecule has 4 heteroatoms. The summed E-state index contributed by atoms with van der Waals surface area (Å²) in [6.45, 7) is 1.21. The van der Waals surface area contributed by atoms with Gasteiger partial charge >= 0.3 is 5.97 Å². The second-order valence-corrected chi connectivity index (χ2v) is 4.38. The topological polar surface area (TPSA) is 58.6 Å². The molecule has 14 heavy (non-hydrogen) atoms. The minimum absolute atomic E-state index is 0.146. The molecule has 4 nitrogen and oxygen atoms in total. The van der Waals surface area contributed by atoms with E-state index >= 15 is 0 Å². The van der Waals surface area contributed by atoms with Crippen LogP contribution in [0.25, 0.3) is 0 Å². The van der Waals surface area contributed by atoms with Crippen LogP contribution in [0.5, 0.6) is 0 Å². The zero-order valence-electron chi connectivity index (χ0n) is 8.45. The van der Waals surface area contributed by atoms with Crippen LogP contribution in [0.15, 0.2) is 0 Å². The quantitative estimate of drug-likeness (QED) is 0.694. The second-order valence-electron chi connectivity index (χ2n) is 4.38. The van der Waals surface area contributed by atoms with E-state index in [-0.39, 0.29) is 12.0 Å². The Morgan fingerprint density at radius 2 is 2.21 bits per heavy atom. The Morgan fingerprint density at radius 1 is 1.50 bits per heavy atom. The highest BCUT2D eigenvalue weighted by Crippen LogP contribution is 2.44. The molecule has 0 bridgehead atoms. The maximum atomic E-state index is 11.3. The fourth-order valence-electron chi connectivity index (χ4n) is 2.81. The first-order valence-corrected chi connectivity index (χ1v) is 5.17. The molecule has 2 N–H and O–H groups in total. The third-order valence-electron chi connectivity index (χ3n) is 3.77. The Hall–Kier alpha value is -0.610.